The zero-order chi connectivity index (χ0) is 19.9. The average molecular weight is 395 g/mol. The molecule has 154 valence electrons. The number of carbonyl (C=O) groups excluding carboxylic acids is 2. The summed E-state index contributed by atoms with van der Waals surface area (Å²) in [6.07, 6.45) is 0.235. The van der Waals surface area contributed by atoms with E-state index < -0.39 is 12.2 Å². The number of nitrogens with one attached hydrogen (secondary N) is 1. The molecule has 2 heterocycles. The van der Waals surface area contributed by atoms with E-state index in [1.807, 2.05) is 0 Å². The predicted octanol–water partition coefficient (Wildman–Crippen LogP) is 0.598. The Morgan fingerprint density at radius 1 is 1.32 bits per heavy atom. The van der Waals surface area contributed by atoms with E-state index in [2.05, 4.69) is 10.2 Å². The minimum atomic E-state index is -0.520. The fourth-order valence-electron chi connectivity index (χ4n) is 3.47. The molecule has 2 atom stereocenters. The number of nitrogens with zero attached hydrogens (tertiary/aromatic N) is 2. The molecule has 9 heteroatoms. The first-order chi connectivity index (χ1) is 13.5. The highest BCUT2D eigenvalue weighted by atomic mass is 19.1. The summed E-state index contributed by atoms with van der Waals surface area (Å²) in [5.41, 5.74) is 0. The van der Waals surface area contributed by atoms with Gasteiger partial charge in [-0.25, -0.2) is 9.18 Å². The summed E-state index contributed by atoms with van der Waals surface area (Å²) in [7, 11) is 0. The van der Waals surface area contributed by atoms with Crippen LogP contribution in [0.4, 0.5) is 9.18 Å². The molecule has 0 unspecified atom stereocenters. The molecular formula is C19H26FN3O5. The molecule has 8 nitrogen and oxygen atoms in total. The Hall–Kier alpha value is -2.39. The molecule has 0 aliphatic carbocycles. The van der Waals surface area contributed by atoms with Crippen molar-refractivity contribution < 1.29 is 28.6 Å². The average Bonchev–Trinajstić information content (AvgIpc) is 3.04. The first kappa shape index (κ1) is 20.3. The number of halogens is 1. The van der Waals surface area contributed by atoms with Crippen LogP contribution in [0.15, 0.2) is 24.3 Å². The number of cyclic esters (lactones) is 1. The van der Waals surface area contributed by atoms with Gasteiger partial charge in [-0.3, -0.25) is 14.6 Å². The van der Waals surface area contributed by atoms with Gasteiger partial charge in [0.2, 0.25) is 5.91 Å². The molecule has 2 fully saturated rings. The maximum absolute atomic E-state index is 12.9. The Morgan fingerprint density at radius 2 is 2.11 bits per heavy atom. The number of aliphatic hydroxyl groups excluding tert-OH is 1. The molecule has 0 saturated carbocycles. The third kappa shape index (κ3) is 6.07. The minimum absolute atomic E-state index is 0.0308. The Morgan fingerprint density at radius 3 is 2.82 bits per heavy atom. The number of hydrogen-bond acceptors (Lipinski definition) is 6. The number of aliphatic hydroxyl groups is 1. The van der Waals surface area contributed by atoms with Crippen LogP contribution < -0.4 is 10.1 Å². The zero-order valence-electron chi connectivity index (χ0n) is 15.7. The summed E-state index contributed by atoms with van der Waals surface area (Å²) in [6.45, 7) is 3.05. The fraction of sp³-hybridized carbons (Fsp3) is 0.579. The van der Waals surface area contributed by atoms with Crippen molar-refractivity contribution in [3.05, 3.63) is 30.1 Å². The van der Waals surface area contributed by atoms with E-state index in [9.17, 15) is 19.1 Å². The van der Waals surface area contributed by atoms with Gasteiger partial charge in [-0.05, 0) is 37.1 Å². The summed E-state index contributed by atoms with van der Waals surface area (Å²) in [5.74, 6) is 0.0626. The van der Waals surface area contributed by atoms with Crippen LogP contribution in [-0.2, 0) is 9.53 Å². The Balaban J connectivity index is 1.37. The second-order valence-corrected chi connectivity index (χ2v) is 7.11. The lowest BCUT2D eigenvalue weighted by Gasteiger charge is -2.36. The SMILES string of the molecule is O=C(CN1CCOC1=O)N[C@H]1C[C@@H](O)CN(CCCOc2ccc(F)cc2)C1. The molecule has 2 aliphatic heterocycles. The summed E-state index contributed by atoms with van der Waals surface area (Å²) >= 11 is 0. The largest absolute Gasteiger partial charge is 0.494 e. The van der Waals surface area contributed by atoms with Crippen LogP contribution >= 0.6 is 0 Å². The van der Waals surface area contributed by atoms with Gasteiger partial charge < -0.3 is 19.9 Å². The number of likely N-dealkylation sites (tertiary alicyclic amines) is 1. The molecule has 2 amide bonds. The van der Waals surface area contributed by atoms with Crippen molar-refractivity contribution >= 4 is 12.0 Å². The molecule has 2 N–H and O–H groups in total. The maximum atomic E-state index is 12.9. The Kier molecular flexibility index (Phi) is 7.05. The monoisotopic (exact) mass is 395 g/mol. The zero-order valence-corrected chi connectivity index (χ0v) is 15.7. The highest BCUT2D eigenvalue weighted by Crippen LogP contribution is 2.14. The first-order valence-electron chi connectivity index (χ1n) is 9.49. The smallest absolute Gasteiger partial charge is 0.410 e. The topological polar surface area (TPSA) is 91.3 Å². The summed E-state index contributed by atoms with van der Waals surface area (Å²) < 4.78 is 23.3. The summed E-state index contributed by atoms with van der Waals surface area (Å²) in [6, 6.07) is 5.70. The van der Waals surface area contributed by atoms with Gasteiger partial charge in [0.1, 0.15) is 24.7 Å². The van der Waals surface area contributed by atoms with E-state index in [0.717, 1.165) is 6.42 Å². The van der Waals surface area contributed by atoms with E-state index >= 15 is 0 Å². The minimum Gasteiger partial charge on any atom is -0.494 e. The van der Waals surface area contributed by atoms with E-state index in [0.29, 0.717) is 51.6 Å². The van der Waals surface area contributed by atoms with Crippen LogP contribution in [0.2, 0.25) is 0 Å². The van der Waals surface area contributed by atoms with Crippen LogP contribution in [0.25, 0.3) is 0 Å². The van der Waals surface area contributed by atoms with E-state index in [1.54, 1.807) is 12.1 Å². The van der Waals surface area contributed by atoms with Crippen molar-refractivity contribution in [1.29, 1.82) is 0 Å². The highest BCUT2D eigenvalue weighted by Gasteiger charge is 2.29. The third-order valence-corrected chi connectivity index (χ3v) is 4.75. The first-order valence-corrected chi connectivity index (χ1v) is 9.49. The number of β-amino-alcohol motifs (C(OH)–C–C–N with tert-alkyl or cyclic N) is 1. The Labute approximate surface area is 163 Å². The standard InChI is InChI=1S/C19H26FN3O5/c20-14-2-4-17(5-3-14)27-8-1-6-22-11-15(10-16(24)12-22)21-18(25)13-23-7-9-28-19(23)26/h2-5,15-16,24H,1,6-13H2,(H,21,25)/t15-,16+/m0/s1. The number of hydrogen-bond donors (Lipinski definition) is 2. The number of piperidine rings is 1. The predicted molar refractivity (Wildman–Crippen MR) is 98.4 cm³/mol. The van der Waals surface area contributed by atoms with Gasteiger partial charge in [-0.15, -0.1) is 0 Å². The van der Waals surface area contributed by atoms with Crippen LogP contribution in [0, 0.1) is 5.82 Å². The Bertz CT molecular complexity index is 672. The number of amides is 2. The summed E-state index contributed by atoms with van der Waals surface area (Å²) in [4.78, 5) is 27.0. The molecule has 1 aromatic rings. The molecule has 0 bridgehead atoms. The van der Waals surface area contributed by atoms with E-state index in [1.165, 1.54) is 17.0 Å². The molecule has 3 rings (SSSR count). The van der Waals surface area contributed by atoms with Gasteiger partial charge in [0.15, 0.2) is 0 Å². The second kappa shape index (κ2) is 9.70. The van der Waals surface area contributed by atoms with Gasteiger partial charge in [-0.2, -0.15) is 0 Å². The normalized spacial score (nSPS) is 22.8. The lowest BCUT2D eigenvalue weighted by Crippen LogP contribution is -2.54. The van der Waals surface area contributed by atoms with Crippen molar-refractivity contribution in [2.45, 2.75) is 25.0 Å². The number of ether oxygens (including phenoxy) is 2. The van der Waals surface area contributed by atoms with Crippen molar-refractivity contribution in [1.82, 2.24) is 15.1 Å². The fourth-order valence-corrected chi connectivity index (χ4v) is 3.47. The summed E-state index contributed by atoms with van der Waals surface area (Å²) in [5, 5.41) is 13.0. The lowest BCUT2D eigenvalue weighted by molar-refractivity contribution is -0.123. The third-order valence-electron chi connectivity index (χ3n) is 4.75. The molecule has 2 saturated heterocycles. The molecule has 0 spiro atoms. The van der Waals surface area contributed by atoms with Crippen LogP contribution in [-0.4, -0.2) is 85.0 Å². The van der Waals surface area contributed by atoms with Gasteiger partial charge in [0, 0.05) is 25.7 Å². The second-order valence-electron chi connectivity index (χ2n) is 7.11. The number of carbonyl (C=O) groups is 2. The molecule has 0 radical (unpaired) electrons. The number of benzene rings is 1. The van der Waals surface area contributed by atoms with Crippen LogP contribution in [0.1, 0.15) is 12.8 Å². The van der Waals surface area contributed by atoms with Crippen LogP contribution in [0.3, 0.4) is 0 Å². The van der Waals surface area contributed by atoms with Crippen LogP contribution in [0.5, 0.6) is 5.75 Å². The van der Waals surface area contributed by atoms with Gasteiger partial charge >= 0.3 is 6.09 Å². The molecular weight excluding hydrogens is 369 g/mol. The molecule has 28 heavy (non-hydrogen) atoms. The van der Waals surface area contributed by atoms with Gasteiger partial charge in [0.25, 0.3) is 0 Å². The molecule has 0 aromatic heterocycles. The van der Waals surface area contributed by atoms with Crippen molar-refractivity contribution in [2.24, 2.45) is 0 Å². The van der Waals surface area contributed by atoms with Crippen molar-refractivity contribution in [2.75, 3.05) is 45.9 Å². The van der Waals surface area contributed by atoms with Crippen molar-refractivity contribution in [3.63, 3.8) is 0 Å². The molecule has 1 aromatic carbocycles. The van der Waals surface area contributed by atoms with Crippen molar-refractivity contribution in [3.8, 4) is 5.75 Å². The van der Waals surface area contributed by atoms with Gasteiger partial charge in [-0.1, -0.05) is 0 Å². The maximum Gasteiger partial charge on any atom is 0.410 e. The lowest BCUT2D eigenvalue weighted by atomic mass is 10.0. The van der Waals surface area contributed by atoms with E-state index in [4.69, 9.17) is 9.47 Å². The molecule has 2 aliphatic rings. The highest BCUT2D eigenvalue weighted by molar-refractivity contribution is 5.83. The quantitative estimate of drug-likeness (QED) is 0.627. The van der Waals surface area contributed by atoms with Gasteiger partial charge in [0.05, 0.1) is 19.3 Å². The van der Waals surface area contributed by atoms with E-state index in [-0.39, 0.29) is 24.3 Å². The number of rotatable bonds is 8.